The van der Waals surface area contributed by atoms with Gasteiger partial charge in [0.2, 0.25) is 5.91 Å². The lowest BCUT2D eigenvalue weighted by Crippen LogP contribution is -2.28. The zero-order valence-electron chi connectivity index (χ0n) is 14.6. The minimum Gasteiger partial charge on any atom is -0.489 e. The highest BCUT2D eigenvalue weighted by Crippen LogP contribution is 2.17. The van der Waals surface area contributed by atoms with E-state index in [2.05, 4.69) is 17.6 Å². The molecule has 2 aromatic rings. The van der Waals surface area contributed by atoms with Crippen LogP contribution in [0, 0.1) is 0 Å². The molecule has 0 aromatic heterocycles. The molecule has 0 saturated heterocycles. The number of nitrogens with one attached hydrogen (secondary N) is 2. The lowest BCUT2D eigenvalue weighted by atomic mass is 10.2. The highest BCUT2D eigenvalue weighted by Gasteiger charge is 2.02. The van der Waals surface area contributed by atoms with Gasteiger partial charge in [-0.3, -0.25) is 4.79 Å². The Labute approximate surface area is 154 Å². The third-order valence-electron chi connectivity index (χ3n) is 3.70. The van der Waals surface area contributed by atoms with Crippen molar-refractivity contribution in [1.82, 2.24) is 5.32 Å². The van der Waals surface area contributed by atoms with E-state index >= 15 is 0 Å². The Bertz CT molecular complexity index is 642. The number of carbonyl (C=O) groups excluding carboxylic acids is 1. The van der Waals surface area contributed by atoms with Gasteiger partial charge in [-0.2, -0.15) is 0 Å². The zero-order chi connectivity index (χ0) is 17.9. The number of hydrogen-bond donors (Lipinski definition) is 2. The smallest absolute Gasteiger partial charge is 0.238 e. The molecule has 0 atom stereocenters. The predicted octanol–water partition coefficient (Wildman–Crippen LogP) is 4.64. The van der Waals surface area contributed by atoms with E-state index < -0.39 is 0 Å². The lowest BCUT2D eigenvalue weighted by molar-refractivity contribution is -0.115. The second-order valence-electron chi connectivity index (χ2n) is 5.87. The second kappa shape index (κ2) is 10.7. The van der Waals surface area contributed by atoms with E-state index in [-0.39, 0.29) is 5.91 Å². The molecule has 5 heteroatoms. The monoisotopic (exact) mass is 360 g/mol. The summed E-state index contributed by atoms with van der Waals surface area (Å²) in [7, 11) is 0. The Kier molecular flexibility index (Phi) is 8.29. The summed E-state index contributed by atoms with van der Waals surface area (Å²) in [5, 5.41) is 6.73. The minimum absolute atomic E-state index is 0.0358. The first kappa shape index (κ1) is 19.3. The standard InChI is InChI=1S/C20H25ClN2O2/c1-2-3-4-13-22-14-20(24)23-18-9-11-19(12-10-18)25-15-16-5-7-17(21)8-6-16/h5-12,22H,2-4,13-15H2,1H3,(H,23,24). The third kappa shape index (κ3) is 7.59. The van der Waals surface area contributed by atoms with Crippen molar-refractivity contribution < 1.29 is 9.53 Å². The Morgan fingerprint density at radius 2 is 1.76 bits per heavy atom. The predicted molar refractivity (Wildman–Crippen MR) is 103 cm³/mol. The van der Waals surface area contributed by atoms with Crippen LogP contribution in [0.2, 0.25) is 5.02 Å². The van der Waals surface area contributed by atoms with Crippen LogP contribution in [-0.4, -0.2) is 19.0 Å². The molecule has 4 nitrogen and oxygen atoms in total. The van der Waals surface area contributed by atoms with Crippen molar-refractivity contribution >= 4 is 23.2 Å². The van der Waals surface area contributed by atoms with Gasteiger partial charge in [-0.25, -0.2) is 0 Å². The fourth-order valence-corrected chi connectivity index (χ4v) is 2.41. The summed E-state index contributed by atoms with van der Waals surface area (Å²) < 4.78 is 5.73. The third-order valence-corrected chi connectivity index (χ3v) is 3.95. The Morgan fingerprint density at radius 3 is 2.44 bits per heavy atom. The van der Waals surface area contributed by atoms with Crippen molar-refractivity contribution in [2.75, 3.05) is 18.4 Å². The molecule has 0 unspecified atom stereocenters. The molecule has 2 N–H and O–H groups in total. The number of unbranched alkanes of at least 4 members (excludes halogenated alkanes) is 2. The molecule has 25 heavy (non-hydrogen) atoms. The van der Waals surface area contributed by atoms with E-state index in [1.54, 1.807) is 0 Å². The molecule has 0 saturated carbocycles. The fraction of sp³-hybridized carbons (Fsp3) is 0.350. The van der Waals surface area contributed by atoms with E-state index in [4.69, 9.17) is 16.3 Å². The largest absolute Gasteiger partial charge is 0.489 e. The summed E-state index contributed by atoms with van der Waals surface area (Å²) >= 11 is 5.86. The molecule has 0 aliphatic heterocycles. The summed E-state index contributed by atoms with van der Waals surface area (Å²) in [5.74, 6) is 0.719. The molecule has 0 aliphatic carbocycles. The minimum atomic E-state index is -0.0358. The van der Waals surface area contributed by atoms with E-state index in [0.29, 0.717) is 18.2 Å². The van der Waals surface area contributed by atoms with E-state index in [9.17, 15) is 4.79 Å². The van der Waals surface area contributed by atoms with Crippen molar-refractivity contribution in [3.05, 3.63) is 59.1 Å². The van der Waals surface area contributed by atoms with Crippen LogP contribution in [0.3, 0.4) is 0 Å². The first-order chi connectivity index (χ1) is 12.2. The molecule has 0 radical (unpaired) electrons. The van der Waals surface area contributed by atoms with Crippen molar-refractivity contribution in [2.24, 2.45) is 0 Å². The molecule has 0 heterocycles. The van der Waals surface area contributed by atoms with E-state index in [0.717, 1.165) is 30.0 Å². The molecule has 134 valence electrons. The van der Waals surface area contributed by atoms with Crippen LogP contribution in [-0.2, 0) is 11.4 Å². The van der Waals surface area contributed by atoms with Gasteiger partial charge in [-0.15, -0.1) is 0 Å². The van der Waals surface area contributed by atoms with E-state index in [1.807, 2.05) is 48.5 Å². The summed E-state index contributed by atoms with van der Waals surface area (Å²) in [5.41, 5.74) is 1.81. The van der Waals surface area contributed by atoms with Gasteiger partial charge in [-0.1, -0.05) is 43.5 Å². The fourth-order valence-electron chi connectivity index (χ4n) is 2.29. The van der Waals surface area contributed by atoms with E-state index in [1.165, 1.54) is 12.8 Å². The first-order valence-corrected chi connectivity index (χ1v) is 9.03. The number of benzene rings is 2. The van der Waals surface area contributed by atoms with Crippen LogP contribution in [0.4, 0.5) is 5.69 Å². The second-order valence-corrected chi connectivity index (χ2v) is 6.31. The molecular formula is C20H25ClN2O2. The van der Waals surface area contributed by atoms with Gasteiger partial charge in [0.1, 0.15) is 12.4 Å². The van der Waals surface area contributed by atoms with Gasteiger partial charge in [0.15, 0.2) is 0 Å². The first-order valence-electron chi connectivity index (χ1n) is 8.65. The van der Waals surface area contributed by atoms with Crippen LogP contribution in [0.1, 0.15) is 31.7 Å². The molecule has 0 bridgehead atoms. The topological polar surface area (TPSA) is 50.4 Å². The van der Waals surface area contributed by atoms with Crippen LogP contribution in [0.25, 0.3) is 0 Å². The maximum atomic E-state index is 11.9. The van der Waals surface area contributed by atoms with Crippen LogP contribution in [0.5, 0.6) is 5.75 Å². The van der Waals surface area contributed by atoms with Crippen LogP contribution < -0.4 is 15.4 Å². The van der Waals surface area contributed by atoms with Crippen LogP contribution >= 0.6 is 11.6 Å². The van der Waals surface area contributed by atoms with Crippen LogP contribution in [0.15, 0.2) is 48.5 Å². The molecule has 1 amide bonds. The van der Waals surface area contributed by atoms with Gasteiger partial charge in [0.05, 0.1) is 6.54 Å². The van der Waals surface area contributed by atoms with Crippen molar-refractivity contribution in [3.8, 4) is 5.75 Å². The molecule has 2 rings (SSSR count). The van der Waals surface area contributed by atoms with Gasteiger partial charge < -0.3 is 15.4 Å². The number of hydrogen-bond acceptors (Lipinski definition) is 3. The average Bonchev–Trinajstić information content (AvgIpc) is 2.62. The Hall–Kier alpha value is -2.04. The van der Waals surface area contributed by atoms with Gasteiger partial charge in [0.25, 0.3) is 0 Å². The van der Waals surface area contributed by atoms with Gasteiger partial charge >= 0.3 is 0 Å². The summed E-state index contributed by atoms with van der Waals surface area (Å²) in [6, 6.07) is 14.9. The Balaban J connectivity index is 1.71. The number of halogens is 1. The molecule has 2 aromatic carbocycles. The zero-order valence-corrected chi connectivity index (χ0v) is 15.3. The number of amides is 1. The number of ether oxygens (including phenoxy) is 1. The summed E-state index contributed by atoms with van der Waals surface area (Å²) in [4.78, 5) is 11.9. The number of rotatable bonds is 10. The number of carbonyl (C=O) groups is 1. The van der Waals surface area contributed by atoms with Crippen molar-refractivity contribution in [1.29, 1.82) is 0 Å². The highest BCUT2D eigenvalue weighted by atomic mass is 35.5. The average molecular weight is 361 g/mol. The molecule has 0 fully saturated rings. The lowest BCUT2D eigenvalue weighted by Gasteiger charge is -2.09. The summed E-state index contributed by atoms with van der Waals surface area (Å²) in [6.07, 6.45) is 3.47. The van der Waals surface area contributed by atoms with Gasteiger partial charge in [0, 0.05) is 10.7 Å². The quantitative estimate of drug-likeness (QED) is 0.607. The maximum Gasteiger partial charge on any atom is 0.238 e. The molecular weight excluding hydrogens is 336 g/mol. The normalized spacial score (nSPS) is 10.5. The van der Waals surface area contributed by atoms with Crippen molar-refractivity contribution in [3.63, 3.8) is 0 Å². The SMILES string of the molecule is CCCCCNCC(=O)Nc1ccc(OCc2ccc(Cl)cc2)cc1. The number of anilines is 1. The Morgan fingerprint density at radius 1 is 1.04 bits per heavy atom. The highest BCUT2D eigenvalue weighted by molar-refractivity contribution is 6.30. The van der Waals surface area contributed by atoms with Gasteiger partial charge in [-0.05, 0) is 54.9 Å². The molecule has 0 aliphatic rings. The molecule has 0 spiro atoms. The summed E-state index contributed by atoms with van der Waals surface area (Å²) in [6.45, 7) is 3.84. The maximum absolute atomic E-state index is 11.9. The van der Waals surface area contributed by atoms with Crippen molar-refractivity contribution in [2.45, 2.75) is 32.8 Å².